The average Bonchev–Trinajstić information content (AvgIpc) is 2.78. The lowest BCUT2D eigenvalue weighted by Gasteiger charge is -2.33. The Labute approximate surface area is 103 Å². The molecule has 1 saturated carbocycles. The number of ether oxygens (including phenoxy) is 1. The van der Waals surface area contributed by atoms with Crippen molar-refractivity contribution in [2.75, 3.05) is 20.2 Å². The first-order chi connectivity index (χ1) is 8.31. The second-order valence-corrected chi connectivity index (χ2v) is 5.17. The lowest BCUT2D eigenvalue weighted by atomic mass is 9.82. The maximum absolute atomic E-state index is 11.8. The highest BCUT2D eigenvalue weighted by atomic mass is 16.5. The molecule has 4 nitrogen and oxygen atoms in total. The molecular weight excluding hydrogens is 216 g/mol. The molecule has 1 saturated heterocycles. The van der Waals surface area contributed by atoms with Gasteiger partial charge in [-0.1, -0.05) is 0 Å². The molecule has 2 aliphatic rings. The third-order valence-electron chi connectivity index (χ3n) is 3.96. The first kappa shape index (κ1) is 12.8. The third kappa shape index (κ3) is 3.42. The predicted molar refractivity (Wildman–Crippen MR) is 66.8 cm³/mol. The number of carbonyl (C=O) groups excluding carboxylic acids is 1. The zero-order chi connectivity index (χ0) is 12.1. The van der Waals surface area contributed by atoms with Crippen molar-refractivity contribution in [2.45, 2.75) is 50.7 Å². The van der Waals surface area contributed by atoms with Crippen molar-refractivity contribution < 1.29 is 9.53 Å². The summed E-state index contributed by atoms with van der Waals surface area (Å²) in [6.07, 6.45) is 6.56. The van der Waals surface area contributed by atoms with Crippen molar-refractivity contribution in [2.24, 2.45) is 5.92 Å². The molecule has 0 bridgehead atoms. The van der Waals surface area contributed by atoms with Gasteiger partial charge in [0.2, 0.25) is 5.91 Å². The summed E-state index contributed by atoms with van der Waals surface area (Å²) in [5.74, 6) is 0.773. The van der Waals surface area contributed by atoms with E-state index in [0.717, 1.165) is 32.4 Å². The van der Waals surface area contributed by atoms with Crippen LogP contribution in [0, 0.1) is 5.92 Å². The van der Waals surface area contributed by atoms with E-state index in [4.69, 9.17) is 4.74 Å². The first-order valence-corrected chi connectivity index (χ1v) is 6.87. The Morgan fingerprint density at radius 1 is 1.35 bits per heavy atom. The van der Waals surface area contributed by atoms with Crippen LogP contribution in [0.1, 0.15) is 38.5 Å². The Hall–Kier alpha value is -0.610. The summed E-state index contributed by atoms with van der Waals surface area (Å²) in [7, 11) is 1.92. The number of hydrogen-bond donors (Lipinski definition) is 2. The first-order valence-electron chi connectivity index (χ1n) is 6.87. The summed E-state index contributed by atoms with van der Waals surface area (Å²) in [4.78, 5) is 11.8. The molecular formula is C13H24N2O2. The molecule has 0 radical (unpaired) electrons. The second-order valence-electron chi connectivity index (χ2n) is 5.17. The molecule has 1 aliphatic carbocycles. The summed E-state index contributed by atoms with van der Waals surface area (Å²) < 4.78 is 5.71. The number of hydrogen-bond acceptors (Lipinski definition) is 3. The third-order valence-corrected chi connectivity index (χ3v) is 3.96. The Kier molecular flexibility index (Phi) is 4.80. The maximum Gasteiger partial charge on any atom is 0.220 e. The van der Waals surface area contributed by atoms with Crippen LogP contribution in [0.2, 0.25) is 0 Å². The molecule has 1 amide bonds. The van der Waals surface area contributed by atoms with Gasteiger partial charge in [-0.25, -0.2) is 0 Å². The van der Waals surface area contributed by atoms with Crippen molar-refractivity contribution in [3.63, 3.8) is 0 Å². The quantitative estimate of drug-likeness (QED) is 0.707. The largest absolute Gasteiger partial charge is 0.378 e. The van der Waals surface area contributed by atoms with E-state index in [1.807, 2.05) is 7.05 Å². The van der Waals surface area contributed by atoms with Gasteiger partial charge in [-0.3, -0.25) is 4.79 Å². The molecule has 0 aromatic heterocycles. The number of amides is 1. The highest BCUT2D eigenvalue weighted by molar-refractivity contribution is 5.76. The highest BCUT2D eigenvalue weighted by Gasteiger charge is 2.37. The van der Waals surface area contributed by atoms with Crippen LogP contribution in [-0.2, 0) is 9.53 Å². The van der Waals surface area contributed by atoms with Gasteiger partial charge in [-0.05, 0) is 45.7 Å². The van der Waals surface area contributed by atoms with Crippen molar-refractivity contribution in [1.29, 1.82) is 0 Å². The molecule has 98 valence electrons. The van der Waals surface area contributed by atoms with E-state index in [9.17, 15) is 4.79 Å². The van der Waals surface area contributed by atoms with Gasteiger partial charge in [0.1, 0.15) is 0 Å². The number of fused-ring (bicyclic) bond motifs is 1. The summed E-state index contributed by atoms with van der Waals surface area (Å²) in [5, 5.41) is 6.27. The molecule has 3 unspecified atom stereocenters. The molecule has 3 atom stereocenters. The monoisotopic (exact) mass is 240 g/mol. The molecule has 2 fully saturated rings. The van der Waals surface area contributed by atoms with Crippen molar-refractivity contribution in [3.05, 3.63) is 0 Å². The molecule has 1 aliphatic heterocycles. The number of carbonyl (C=O) groups is 1. The Morgan fingerprint density at radius 3 is 3.06 bits per heavy atom. The fraction of sp³-hybridized carbons (Fsp3) is 0.923. The Balaban J connectivity index is 1.75. The van der Waals surface area contributed by atoms with Crippen LogP contribution >= 0.6 is 0 Å². The second kappa shape index (κ2) is 6.36. The minimum absolute atomic E-state index is 0.206. The van der Waals surface area contributed by atoms with Crippen molar-refractivity contribution in [1.82, 2.24) is 10.6 Å². The number of nitrogens with one attached hydrogen (secondary N) is 2. The zero-order valence-corrected chi connectivity index (χ0v) is 10.7. The highest BCUT2D eigenvalue weighted by Crippen LogP contribution is 2.34. The Morgan fingerprint density at radius 2 is 2.24 bits per heavy atom. The zero-order valence-electron chi connectivity index (χ0n) is 10.7. The van der Waals surface area contributed by atoms with Crippen LogP contribution in [-0.4, -0.2) is 38.3 Å². The van der Waals surface area contributed by atoms with Crippen molar-refractivity contribution in [3.8, 4) is 0 Å². The van der Waals surface area contributed by atoms with Crippen LogP contribution in [0.3, 0.4) is 0 Å². The van der Waals surface area contributed by atoms with Crippen LogP contribution in [0.4, 0.5) is 0 Å². The van der Waals surface area contributed by atoms with Crippen LogP contribution in [0.5, 0.6) is 0 Å². The smallest absolute Gasteiger partial charge is 0.220 e. The summed E-state index contributed by atoms with van der Waals surface area (Å²) >= 11 is 0. The number of rotatable bonds is 5. The lowest BCUT2D eigenvalue weighted by molar-refractivity contribution is -0.122. The summed E-state index contributed by atoms with van der Waals surface area (Å²) in [6, 6.07) is 0.360. The fourth-order valence-corrected chi connectivity index (χ4v) is 3.06. The van der Waals surface area contributed by atoms with E-state index < -0.39 is 0 Å². The molecule has 0 aromatic carbocycles. The van der Waals surface area contributed by atoms with Gasteiger partial charge in [0, 0.05) is 25.0 Å². The predicted octanol–water partition coefficient (Wildman–Crippen LogP) is 1.06. The minimum atomic E-state index is 0.206. The normalized spacial score (nSPS) is 32.2. The van der Waals surface area contributed by atoms with Gasteiger partial charge >= 0.3 is 0 Å². The van der Waals surface area contributed by atoms with Crippen molar-refractivity contribution >= 4 is 5.91 Å². The van der Waals surface area contributed by atoms with Gasteiger partial charge < -0.3 is 15.4 Å². The fourth-order valence-electron chi connectivity index (χ4n) is 3.06. The average molecular weight is 240 g/mol. The molecule has 0 aromatic rings. The standard InChI is InChI=1S/C13H24N2O2/c1-14-8-3-6-13(16)15-11-4-2-5-12-10(11)7-9-17-12/h10-12,14H,2-9H2,1H3,(H,15,16). The molecule has 4 heteroatoms. The molecule has 0 spiro atoms. The minimum Gasteiger partial charge on any atom is -0.378 e. The van der Waals surface area contributed by atoms with E-state index in [2.05, 4.69) is 10.6 Å². The van der Waals surface area contributed by atoms with E-state index in [1.54, 1.807) is 0 Å². The lowest BCUT2D eigenvalue weighted by Crippen LogP contribution is -2.45. The summed E-state index contributed by atoms with van der Waals surface area (Å²) in [6.45, 7) is 1.79. The van der Waals surface area contributed by atoms with Gasteiger partial charge in [0.25, 0.3) is 0 Å². The molecule has 1 heterocycles. The van der Waals surface area contributed by atoms with Crippen LogP contribution in [0.15, 0.2) is 0 Å². The Bertz CT molecular complexity index is 258. The van der Waals surface area contributed by atoms with E-state index in [1.165, 1.54) is 12.8 Å². The molecule has 2 rings (SSSR count). The van der Waals surface area contributed by atoms with Gasteiger partial charge in [0.05, 0.1) is 6.10 Å². The van der Waals surface area contributed by atoms with Gasteiger partial charge in [0.15, 0.2) is 0 Å². The molecule has 2 N–H and O–H groups in total. The molecule has 17 heavy (non-hydrogen) atoms. The topological polar surface area (TPSA) is 50.4 Å². The van der Waals surface area contributed by atoms with Crippen LogP contribution < -0.4 is 10.6 Å². The van der Waals surface area contributed by atoms with Gasteiger partial charge in [-0.2, -0.15) is 0 Å². The maximum atomic E-state index is 11.8. The SMILES string of the molecule is CNCCCC(=O)NC1CCCC2OCCC12. The van der Waals surface area contributed by atoms with Crippen LogP contribution in [0.25, 0.3) is 0 Å². The van der Waals surface area contributed by atoms with E-state index >= 15 is 0 Å². The van der Waals surface area contributed by atoms with E-state index in [-0.39, 0.29) is 5.91 Å². The van der Waals surface area contributed by atoms with Gasteiger partial charge in [-0.15, -0.1) is 0 Å². The summed E-state index contributed by atoms with van der Waals surface area (Å²) in [5.41, 5.74) is 0. The van der Waals surface area contributed by atoms with E-state index in [0.29, 0.717) is 24.5 Å².